The van der Waals surface area contributed by atoms with E-state index in [0.717, 1.165) is 18.8 Å². The summed E-state index contributed by atoms with van der Waals surface area (Å²) in [4.78, 5) is 18.2. The maximum atomic E-state index is 12.1. The molecule has 0 spiro atoms. The van der Waals surface area contributed by atoms with Crippen LogP contribution in [-0.2, 0) is 5.41 Å². The van der Waals surface area contributed by atoms with Crippen molar-refractivity contribution in [3.05, 3.63) is 24.0 Å². The van der Waals surface area contributed by atoms with Crippen molar-refractivity contribution in [2.24, 2.45) is 0 Å². The molecule has 0 atom stereocenters. The van der Waals surface area contributed by atoms with Gasteiger partial charge < -0.3 is 15.0 Å². The van der Waals surface area contributed by atoms with Crippen molar-refractivity contribution in [2.75, 3.05) is 26.2 Å². The van der Waals surface area contributed by atoms with E-state index in [0.29, 0.717) is 18.8 Å². The number of hydrogen-bond donors (Lipinski definition) is 1. The van der Waals surface area contributed by atoms with Crippen LogP contribution >= 0.6 is 0 Å². The number of ether oxygens (including phenoxy) is 1. The van der Waals surface area contributed by atoms with Gasteiger partial charge in [-0.2, -0.15) is 0 Å². The summed E-state index contributed by atoms with van der Waals surface area (Å²) in [6.07, 6.45) is 1.43. The largest absolute Gasteiger partial charge is 0.415 e. The van der Waals surface area contributed by atoms with E-state index in [9.17, 15) is 4.79 Å². The van der Waals surface area contributed by atoms with Crippen molar-refractivity contribution >= 4 is 6.09 Å². The molecule has 1 saturated heterocycles. The first-order chi connectivity index (χ1) is 8.98. The van der Waals surface area contributed by atoms with E-state index in [1.54, 1.807) is 23.2 Å². The topological polar surface area (TPSA) is 54.5 Å². The number of pyridine rings is 1. The molecule has 0 aliphatic carbocycles. The second kappa shape index (κ2) is 5.57. The zero-order valence-electron chi connectivity index (χ0n) is 11.8. The number of aromatic nitrogens is 1. The molecule has 0 saturated carbocycles. The van der Waals surface area contributed by atoms with E-state index in [-0.39, 0.29) is 11.5 Å². The Kier molecular flexibility index (Phi) is 4.04. The minimum absolute atomic E-state index is 0.152. The quantitative estimate of drug-likeness (QED) is 0.839. The molecule has 19 heavy (non-hydrogen) atoms. The molecule has 1 aromatic rings. The lowest BCUT2D eigenvalue weighted by molar-refractivity contribution is 0.145. The molecule has 1 aliphatic rings. The Bertz CT molecular complexity index is 448. The molecule has 1 amide bonds. The highest BCUT2D eigenvalue weighted by Crippen LogP contribution is 2.29. The molecule has 1 aromatic heterocycles. The van der Waals surface area contributed by atoms with E-state index in [1.165, 1.54) is 0 Å². The van der Waals surface area contributed by atoms with Crippen LogP contribution in [0.4, 0.5) is 4.79 Å². The maximum absolute atomic E-state index is 12.1. The van der Waals surface area contributed by atoms with Crippen LogP contribution in [0.5, 0.6) is 5.75 Å². The molecular weight excluding hydrogens is 242 g/mol. The molecule has 2 heterocycles. The van der Waals surface area contributed by atoms with Crippen LogP contribution in [0.15, 0.2) is 18.3 Å². The molecule has 104 valence electrons. The molecule has 1 fully saturated rings. The van der Waals surface area contributed by atoms with Crippen molar-refractivity contribution in [1.29, 1.82) is 0 Å². The monoisotopic (exact) mass is 263 g/mol. The molecule has 1 aliphatic heterocycles. The maximum Gasteiger partial charge on any atom is 0.415 e. The van der Waals surface area contributed by atoms with E-state index < -0.39 is 0 Å². The third-order valence-corrected chi connectivity index (χ3v) is 3.05. The summed E-state index contributed by atoms with van der Waals surface area (Å²) in [5, 5.41) is 3.21. The summed E-state index contributed by atoms with van der Waals surface area (Å²) in [6, 6.07) is 3.59. The lowest BCUT2D eigenvalue weighted by Crippen LogP contribution is -2.47. The molecule has 0 unspecified atom stereocenters. The fourth-order valence-corrected chi connectivity index (χ4v) is 2.04. The highest BCUT2D eigenvalue weighted by atomic mass is 16.6. The van der Waals surface area contributed by atoms with Gasteiger partial charge in [0.1, 0.15) is 0 Å². The fraction of sp³-hybridized carbons (Fsp3) is 0.571. The molecule has 1 N–H and O–H groups in total. The zero-order valence-corrected chi connectivity index (χ0v) is 11.8. The number of amides is 1. The molecular formula is C14H21N3O2. The summed E-state index contributed by atoms with van der Waals surface area (Å²) in [5.74, 6) is 0.554. The number of carbonyl (C=O) groups excluding carboxylic acids is 1. The highest BCUT2D eigenvalue weighted by molar-refractivity contribution is 5.71. The predicted molar refractivity (Wildman–Crippen MR) is 73.4 cm³/mol. The van der Waals surface area contributed by atoms with Crippen LogP contribution in [0.3, 0.4) is 0 Å². The molecule has 2 rings (SSSR count). The van der Waals surface area contributed by atoms with Gasteiger partial charge in [-0.25, -0.2) is 4.79 Å². The lowest BCUT2D eigenvalue weighted by atomic mass is 9.91. The Hall–Kier alpha value is -1.62. The number of hydrogen-bond acceptors (Lipinski definition) is 4. The van der Waals surface area contributed by atoms with E-state index in [4.69, 9.17) is 4.74 Å². The van der Waals surface area contributed by atoms with Crippen LogP contribution < -0.4 is 10.1 Å². The summed E-state index contributed by atoms with van der Waals surface area (Å²) >= 11 is 0. The van der Waals surface area contributed by atoms with Gasteiger partial charge in [0.05, 0.1) is 5.69 Å². The summed E-state index contributed by atoms with van der Waals surface area (Å²) in [7, 11) is 0. The SMILES string of the molecule is CC(C)(C)c1ncccc1OC(=O)N1CCNCC1. The van der Waals surface area contributed by atoms with Gasteiger partial charge in [-0.05, 0) is 12.1 Å². The Labute approximate surface area is 114 Å². The lowest BCUT2D eigenvalue weighted by Gasteiger charge is -2.27. The first-order valence-corrected chi connectivity index (χ1v) is 6.61. The highest BCUT2D eigenvalue weighted by Gasteiger charge is 2.24. The standard InChI is InChI=1S/C14H21N3O2/c1-14(2,3)12-11(5-4-6-16-12)19-13(18)17-9-7-15-8-10-17/h4-6,15H,7-10H2,1-3H3. The average molecular weight is 263 g/mol. The van der Waals surface area contributed by atoms with Gasteiger partial charge in [0.25, 0.3) is 0 Å². The normalized spacial score (nSPS) is 16.3. The average Bonchev–Trinajstić information content (AvgIpc) is 2.39. The minimum atomic E-state index is -0.292. The minimum Gasteiger partial charge on any atom is -0.408 e. The third-order valence-electron chi connectivity index (χ3n) is 3.05. The Morgan fingerprint density at radius 3 is 2.68 bits per heavy atom. The van der Waals surface area contributed by atoms with Crippen LogP contribution in [0, 0.1) is 0 Å². The van der Waals surface area contributed by atoms with Crippen LogP contribution in [0.25, 0.3) is 0 Å². The van der Waals surface area contributed by atoms with Gasteiger partial charge in [-0.3, -0.25) is 4.98 Å². The fourth-order valence-electron chi connectivity index (χ4n) is 2.04. The first kappa shape index (κ1) is 13.8. The van der Waals surface area contributed by atoms with Gasteiger partial charge in [-0.15, -0.1) is 0 Å². The van der Waals surface area contributed by atoms with Crippen molar-refractivity contribution in [3.8, 4) is 5.75 Å². The van der Waals surface area contributed by atoms with Crippen LogP contribution in [0.2, 0.25) is 0 Å². The number of carbonyl (C=O) groups is 1. The van der Waals surface area contributed by atoms with Gasteiger partial charge in [-0.1, -0.05) is 20.8 Å². The Morgan fingerprint density at radius 2 is 2.05 bits per heavy atom. The van der Waals surface area contributed by atoms with E-state index in [2.05, 4.69) is 31.1 Å². The number of nitrogens with one attached hydrogen (secondary N) is 1. The molecule has 0 aromatic carbocycles. The second-order valence-corrected chi connectivity index (χ2v) is 5.71. The van der Waals surface area contributed by atoms with E-state index in [1.807, 2.05) is 0 Å². The summed E-state index contributed by atoms with van der Waals surface area (Å²) < 4.78 is 5.51. The Balaban J connectivity index is 2.12. The van der Waals surface area contributed by atoms with Gasteiger partial charge >= 0.3 is 6.09 Å². The summed E-state index contributed by atoms with van der Waals surface area (Å²) in [5.41, 5.74) is 0.652. The first-order valence-electron chi connectivity index (χ1n) is 6.61. The summed E-state index contributed by atoms with van der Waals surface area (Å²) in [6.45, 7) is 9.16. The molecule has 0 radical (unpaired) electrons. The van der Waals surface area contributed by atoms with Crippen molar-refractivity contribution in [1.82, 2.24) is 15.2 Å². The number of piperazine rings is 1. The van der Waals surface area contributed by atoms with Crippen LogP contribution in [0.1, 0.15) is 26.5 Å². The number of nitrogens with zero attached hydrogens (tertiary/aromatic N) is 2. The van der Waals surface area contributed by atoms with Gasteiger partial charge in [0.2, 0.25) is 0 Å². The van der Waals surface area contributed by atoms with Gasteiger partial charge in [0.15, 0.2) is 5.75 Å². The molecule has 5 nitrogen and oxygen atoms in total. The van der Waals surface area contributed by atoms with Crippen molar-refractivity contribution in [2.45, 2.75) is 26.2 Å². The smallest absolute Gasteiger partial charge is 0.408 e. The molecule has 0 bridgehead atoms. The Morgan fingerprint density at radius 1 is 1.37 bits per heavy atom. The second-order valence-electron chi connectivity index (χ2n) is 5.71. The van der Waals surface area contributed by atoms with Crippen molar-refractivity contribution < 1.29 is 9.53 Å². The van der Waals surface area contributed by atoms with Crippen molar-refractivity contribution in [3.63, 3.8) is 0 Å². The van der Waals surface area contributed by atoms with E-state index >= 15 is 0 Å². The van der Waals surface area contributed by atoms with Crippen LogP contribution in [-0.4, -0.2) is 42.2 Å². The van der Waals surface area contributed by atoms with Gasteiger partial charge in [0, 0.05) is 37.8 Å². The number of rotatable bonds is 1. The third kappa shape index (κ3) is 3.44. The zero-order chi connectivity index (χ0) is 13.9. The predicted octanol–water partition coefficient (Wildman–Crippen LogP) is 1.78. The molecule has 5 heteroatoms.